The minimum Gasteiger partial charge on any atom is -0.453 e. The number of imidazole rings is 2. The highest BCUT2D eigenvalue weighted by Gasteiger charge is 2.41. The summed E-state index contributed by atoms with van der Waals surface area (Å²) in [5.41, 5.74) is 3.70. The number of benzene rings is 1. The highest BCUT2D eigenvalue weighted by molar-refractivity contribution is 7.41. The zero-order valence-electron chi connectivity index (χ0n) is 33.0. The van der Waals surface area contributed by atoms with Gasteiger partial charge in [-0.15, -0.1) is 22.7 Å². The number of H-pyrrole nitrogens is 2. The summed E-state index contributed by atoms with van der Waals surface area (Å²) in [6.07, 6.45) is 2.14. The maximum absolute atomic E-state index is 13.8. The molecule has 0 saturated carbocycles. The van der Waals surface area contributed by atoms with Crippen LogP contribution in [0.15, 0.2) is 36.5 Å². The summed E-state index contributed by atoms with van der Waals surface area (Å²) in [4.78, 5) is 74.2. The fourth-order valence-corrected chi connectivity index (χ4v) is 10.3. The molecule has 2 saturated heterocycles. The molecule has 16 heteroatoms. The topological polar surface area (TPSA) is 175 Å². The van der Waals surface area contributed by atoms with Gasteiger partial charge >= 0.3 is 12.2 Å². The van der Waals surface area contributed by atoms with Gasteiger partial charge < -0.3 is 39.9 Å². The number of hydrogen-bond donors (Lipinski definition) is 4. The average molecular weight is 803 g/mol. The number of carbonyl (C=O) groups excluding carboxylic acids is 4. The number of carbonyl (C=O) groups is 4. The lowest BCUT2D eigenvalue weighted by Gasteiger charge is -2.30. The Balaban J connectivity index is 1.08. The third kappa shape index (κ3) is 7.73. The fourth-order valence-electron chi connectivity index (χ4n) is 7.94. The van der Waals surface area contributed by atoms with Gasteiger partial charge in [0, 0.05) is 23.4 Å². The molecule has 4 N–H and O–H groups in total. The van der Waals surface area contributed by atoms with E-state index in [2.05, 4.69) is 58.7 Å². The van der Waals surface area contributed by atoms with Gasteiger partial charge in [0.15, 0.2) is 0 Å². The summed E-state index contributed by atoms with van der Waals surface area (Å²) in [5.74, 6) is 1.53. The second kappa shape index (κ2) is 15.9. The lowest BCUT2D eigenvalue weighted by molar-refractivity contribution is -0.136. The molecule has 0 spiro atoms. The van der Waals surface area contributed by atoms with Crippen molar-refractivity contribution in [2.45, 2.75) is 78.6 Å². The van der Waals surface area contributed by atoms with E-state index in [0.717, 1.165) is 61.9 Å². The van der Waals surface area contributed by atoms with Crippen LogP contribution in [0.4, 0.5) is 9.59 Å². The molecule has 56 heavy (non-hydrogen) atoms. The molecule has 0 unspecified atom stereocenters. The van der Waals surface area contributed by atoms with Gasteiger partial charge in [-0.3, -0.25) is 9.59 Å². The number of nitrogens with zero attached hydrogens (tertiary/aromatic N) is 4. The summed E-state index contributed by atoms with van der Waals surface area (Å²) in [6.45, 7) is 13.1. The van der Waals surface area contributed by atoms with Crippen molar-refractivity contribution < 1.29 is 28.7 Å². The molecule has 5 aromatic rings. The van der Waals surface area contributed by atoms with E-state index >= 15 is 0 Å². The van der Waals surface area contributed by atoms with Crippen LogP contribution >= 0.6 is 22.7 Å². The Morgan fingerprint density at radius 2 is 1.34 bits per heavy atom. The minimum absolute atomic E-state index is 0.112. The molecule has 1 aromatic carbocycles. The van der Waals surface area contributed by atoms with Crippen LogP contribution in [-0.4, -0.2) is 93.1 Å². The van der Waals surface area contributed by atoms with Gasteiger partial charge in [0.05, 0.1) is 58.1 Å². The Kier molecular flexibility index (Phi) is 11.1. The highest BCUT2D eigenvalue weighted by Crippen LogP contribution is 2.43. The van der Waals surface area contributed by atoms with Crippen molar-refractivity contribution in [3.63, 3.8) is 0 Å². The lowest BCUT2D eigenvalue weighted by Crippen LogP contribution is -2.51. The van der Waals surface area contributed by atoms with Crippen molar-refractivity contribution in [3.05, 3.63) is 48.2 Å². The van der Waals surface area contributed by atoms with Crippen molar-refractivity contribution in [1.29, 1.82) is 0 Å². The van der Waals surface area contributed by atoms with Crippen molar-refractivity contribution in [2.75, 3.05) is 27.3 Å². The highest BCUT2D eigenvalue weighted by atomic mass is 32.2. The molecule has 0 radical (unpaired) electrons. The fraction of sp³-hybridized carbons (Fsp3) is 0.500. The van der Waals surface area contributed by atoms with E-state index in [-0.39, 0.29) is 47.6 Å². The molecule has 0 aliphatic carbocycles. The first kappa shape index (κ1) is 39.3. The van der Waals surface area contributed by atoms with Gasteiger partial charge in [-0.2, -0.15) is 0 Å². The summed E-state index contributed by atoms with van der Waals surface area (Å²) in [5, 5.41) is 6.58. The molecule has 2 aliphatic rings. The van der Waals surface area contributed by atoms with Crippen LogP contribution in [0.5, 0.6) is 0 Å². The first-order valence-electron chi connectivity index (χ1n) is 19.1. The molecule has 7 rings (SSSR count). The summed E-state index contributed by atoms with van der Waals surface area (Å²) < 4.78 is 10.8. The van der Waals surface area contributed by atoms with Crippen LogP contribution in [0.3, 0.4) is 0 Å². The first-order chi connectivity index (χ1) is 26.7. The van der Waals surface area contributed by atoms with Crippen molar-refractivity contribution in [1.82, 2.24) is 40.4 Å². The first-order valence-corrected chi connectivity index (χ1v) is 20.8. The Morgan fingerprint density at radius 1 is 0.786 bits per heavy atom. The third-order valence-electron chi connectivity index (χ3n) is 10.9. The van der Waals surface area contributed by atoms with Gasteiger partial charge in [0.1, 0.15) is 23.7 Å². The van der Waals surface area contributed by atoms with Gasteiger partial charge in [-0.1, -0.05) is 47.6 Å². The second-order valence-electron chi connectivity index (χ2n) is 15.9. The van der Waals surface area contributed by atoms with Gasteiger partial charge in [0.25, 0.3) is 0 Å². The molecule has 2 fully saturated rings. The quantitative estimate of drug-likeness (QED) is 0.112. The number of hydrogen-bond acceptors (Lipinski definition) is 10. The number of alkyl carbamates (subject to hydrolysis) is 2. The third-order valence-corrected chi connectivity index (χ3v) is 13.3. The molecular formula is C40H50N8O6S2. The Morgan fingerprint density at radius 3 is 1.89 bits per heavy atom. The van der Waals surface area contributed by atoms with E-state index in [1.807, 2.05) is 49.8 Å². The molecule has 4 aromatic heterocycles. The maximum Gasteiger partial charge on any atom is 0.407 e. The van der Waals surface area contributed by atoms with Crippen LogP contribution in [0.2, 0.25) is 0 Å². The number of likely N-dealkylation sites (tertiary alicyclic amines) is 2. The van der Waals surface area contributed by atoms with Gasteiger partial charge in [-0.05, 0) is 66.3 Å². The predicted octanol–water partition coefficient (Wildman–Crippen LogP) is 7.48. The number of thiophene rings is 2. The van der Waals surface area contributed by atoms with Crippen molar-refractivity contribution >= 4 is 67.1 Å². The molecule has 6 atom stereocenters. The number of aromatic nitrogens is 4. The van der Waals surface area contributed by atoms with E-state index in [4.69, 9.17) is 19.4 Å². The summed E-state index contributed by atoms with van der Waals surface area (Å²) in [7, 11) is 2.59. The largest absolute Gasteiger partial charge is 0.453 e. The molecule has 0 bridgehead atoms. The Labute approximate surface area is 333 Å². The number of aromatic amines is 2. The number of nitrogens with one attached hydrogen (secondary N) is 4. The zero-order chi connectivity index (χ0) is 40.0. The van der Waals surface area contributed by atoms with Gasteiger partial charge in [-0.25, -0.2) is 19.6 Å². The normalized spacial score (nSPS) is 21.0. The van der Waals surface area contributed by atoms with Crippen LogP contribution in [0.1, 0.15) is 78.1 Å². The maximum atomic E-state index is 13.8. The van der Waals surface area contributed by atoms with Crippen LogP contribution in [0.25, 0.3) is 41.4 Å². The SMILES string of the molecule is COC(=O)N[C@H](C(=O)N1C[C@@H](C)C[C@H]1c1ncc(-c2cc3cc(-c4ccc5nc([C@@H]6C[C@H](C)CN6C(=O)[C@@H](NC(=O)OC)C(C)C)[nH]c5c4)sc3s2)[nH]1)C(C)C. The Hall–Kier alpha value is -4.96. The van der Waals surface area contributed by atoms with Crippen LogP contribution in [-0.2, 0) is 19.1 Å². The standard InChI is InChI=1S/C40H50N8O6S2/c1-19(2)32(45-39(51)53-7)36(49)47-17-21(5)11-28(47)34-41-16-27(44-34)31-15-24-14-30(55-38(24)56-31)23-9-10-25-26(13-23)43-35(42-25)29-12-22(6)18-48(29)37(50)33(20(3)4)46-40(52)54-8/h9-10,13-16,19-22,28-29,32-33H,11-12,17-18H2,1-8H3,(H,41,44)(H,42,43)(H,45,51)(H,46,52)/t21-,22-,28-,29-,32-,33-/m0/s1. The summed E-state index contributed by atoms with van der Waals surface area (Å²) >= 11 is 3.43. The monoisotopic (exact) mass is 802 g/mol. The van der Waals surface area contributed by atoms with Gasteiger partial charge in [0.2, 0.25) is 11.8 Å². The van der Waals surface area contributed by atoms with Crippen LogP contribution < -0.4 is 10.6 Å². The molecule has 2 aliphatic heterocycles. The average Bonchev–Trinajstić information content (AvgIpc) is 4.01. The van der Waals surface area contributed by atoms with Crippen molar-refractivity contribution in [2.24, 2.45) is 23.7 Å². The number of rotatable bonds is 10. The molecule has 6 heterocycles. The molecule has 4 amide bonds. The number of fused-ring (bicyclic) bond motifs is 2. The number of methoxy groups -OCH3 is 2. The van der Waals surface area contributed by atoms with E-state index < -0.39 is 24.3 Å². The minimum atomic E-state index is -0.701. The molecule has 298 valence electrons. The Bertz CT molecular complexity index is 2220. The summed E-state index contributed by atoms with van der Waals surface area (Å²) in [6, 6.07) is 8.74. The van der Waals surface area contributed by atoms with E-state index in [1.54, 1.807) is 22.7 Å². The van der Waals surface area contributed by atoms with E-state index in [1.165, 1.54) is 18.2 Å². The van der Waals surface area contributed by atoms with E-state index in [0.29, 0.717) is 13.1 Å². The van der Waals surface area contributed by atoms with E-state index in [9.17, 15) is 19.2 Å². The zero-order valence-corrected chi connectivity index (χ0v) is 34.6. The predicted molar refractivity (Wildman–Crippen MR) is 217 cm³/mol. The number of amides is 4. The number of ether oxygens (including phenoxy) is 2. The smallest absolute Gasteiger partial charge is 0.407 e. The molecular weight excluding hydrogens is 753 g/mol. The van der Waals surface area contributed by atoms with Crippen molar-refractivity contribution in [3.8, 4) is 21.0 Å². The second-order valence-corrected chi connectivity index (χ2v) is 18.3. The lowest BCUT2D eigenvalue weighted by atomic mass is 10.0. The molecule has 14 nitrogen and oxygen atoms in total. The van der Waals surface area contributed by atoms with Crippen LogP contribution in [0, 0.1) is 23.7 Å².